The van der Waals surface area contributed by atoms with Gasteiger partial charge in [-0.05, 0) is 70.3 Å². The van der Waals surface area contributed by atoms with E-state index in [1.807, 2.05) is 0 Å². The third kappa shape index (κ3) is 4.42. The van der Waals surface area contributed by atoms with E-state index in [0.717, 1.165) is 39.0 Å². The van der Waals surface area contributed by atoms with Crippen LogP contribution in [0.4, 0.5) is 0 Å². The summed E-state index contributed by atoms with van der Waals surface area (Å²) in [6.45, 7) is 9.38. The van der Waals surface area contributed by atoms with Crippen LogP contribution in [0.3, 0.4) is 0 Å². The average molecular weight is 344 g/mol. The molecule has 2 aliphatic heterocycles. The Bertz CT molecular complexity index is 575. The van der Waals surface area contributed by atoms with E-state index in [4.69, 9.17) is 0 Å². The highest BCUT2D eigenvalue weighted by atomic mass is 16.2. The molecule has 1 aromatic rings. The van der Waals surface area contributed by atoms with Crippen LogP contribution in [0.25, 0.3) is 0 Å². The first-order valence-electron chi connectivity index (χ1n) is 9.77. The van der Waals surface area contributed by atoms with E-state index in [9.17, 15) is 4.79 Å². The summed E-state index contributed by atoms with van der Waals surface area (Å²) in [6, 6.07) is 8.47. The molecule has 1 aromatic carbocycles. The number of piperidine rings is 1. The Balaban J connectivity index is 1.62. The lowest BCUT2D eigenvalue weighted by Gasteiger charge is -2.37. The maximum atomic E-state index is 12.9. The van der Waals surface area contributed by atoms with Gasteiger partial charge < -0.3 is 10.2 Å². The van der Waals surface area contributed by atoms with Crippen LogP contribution in [-0.4, -0.2) is 55.0 Å². The van der Waals surface area contributed by atoms with Gasteiger partial charge in [0.15, 0.2) is 0 Å². The van der Waals surface area contributed by atoms with E-state index >= 15 is 0 Å². The highest BCUT2D eigenvalue weighted by molar-refractivity contribution is 5.82. The molecular weight excluding hydrogens is 310 g/mol. The number of amides is 1. The molecule has 25 heavy (non-hydrogen) atoms. The highest BCUT2D eigenvalue weighted by Crippen LogP contribution is 2.43. The molecule has 4 heteroatoms. The summed E-state index contributed by atoms with van der Waals surface area (Å²) in [5.41, 5.74) is 2.78. The molecular formula is C21H33N3O. The van der Waals surface area contributed by atoms with Crippen molar-refractivity contribution in [2.24, 2.45) is 5.41 Å². The SMILES string of the molecule is CCCN1CC2(CCN(C)CC2)CC1C(=O)NCc1ccc(C)cc1. The smallest absolute Gasteiger partial charge is 0.237 e. The van der Waals surface area contributed by atoms with E-state index < -0.39 is 0 Å². The van der Waals surface area contributed by atoms with E-state index in [-0.39, 0.29) is 11.9 Å². The molecule has 0 bridgehead atoms. The minimum absolute atomic E-state index is 0.0498. The molecule has 1 atom stereocenters. The molecule has 0 radical (unpaired) electrons. The van der Waals surface area contributed by atoms with Gasteiger partial charge in [0.2, 0.25) is 5.91 Å². The molecule has 1 spiro atoms. The number of hydrogen-bond donors (Lipinski definition) is 1. The van der Waals surface area contributed by atoms with Crippen LogP contribution in [0.5, 0.6) is 0 Å². The molecule has 2 aliphatic rings. The topological polar surface area (TPSA) is 35.6 Å². The van der Waals surface area contributed by atoms with Crippen molar-refractivity contribution < 1.29 is 4.79 Å². The fourth-order valence-corrected chi connectivity index (χ4v) is 4.39. The minimum Gasteiger partial charge on any atom is -0.351 e. The van der Waals surface area contributed by atoms with Crippen LogP contribution in [-0.2, 0) is 11.3 Å². The lowest BCUT2D eigenvalue weighted by atomic mass is 9.76. The summed E-state index contributed by atoms with van der Waals surface area (Å²) in [6.07, 6.45) is 4.59. The van der Waals surface area contributed by atoms with Crippen molar-refractivity contribution >= 4 is 5.91 Å². The summed E-state index contributed by atoms with van der Waals surface area (Å²) in [7, 11) is 2.21. The maximum Gasteiger partial charge on any atom is 0.237 e. The third-order valence-corrected chi connectivity index (χ3v) is 6.05. The van der Waals surface area contributed by atoms with Gasteiger partial charge in [0.05, 0.1) is 6.04 Å². The zero-order valence-corrected chi connectivity index (χ0v) is 16.1. The van der Waals surface area contributed by atoms with Crippen molar-refractivity contribution in [2.75, 3.05) is 33.2 Å². The Morgan fingerprint density at radius 3 is 2.56 bits per heavy atom. The number of hydrogen-bond acceptors (Lipinski definition) is 3. The second-order valence-corrected chi connectivity index (χ2v) is 8.20. The molecule has 2 heterocycles. The zero-order chi connectivity index (χ0) is 17.9. The Kier molecular flexibility index (Phi) is 5.80. The molecule has 2 fully saturated rings. The van der Waals surface area contributed by atoms with Gasteiger partial charge in [-0.1, -0.05) is 36.8 Å². The van der Waals surface area contributed by atoms with Gasteiger partial charge in [0.25, 0.3) is 0 Å². The van der Waals surface area contributed by atoms with Crippen LogP contribution >= 0.6 is 0 Å². The Hall–Kier alpha value is -1.39. The molecule has 3 rings (SSSR count). The molecule has 1 N–H and O–H groups in total. The number of likely N-dealkylation sites (tertiary alicyclic amines) is 2. The van der Waals surface area contributed by atoms with E-state index in [0.29, 0.717) is 12.0 Å². The normalized spacial score (nSPS) is 23.9. The number of benzene rings is 1. The number of nitrogens with one attached hydrogen (secondary N) is 1. The van der Waals surface area contributed by atoms with Crippen molar-refractivity contribution in [1.82, 2.24) is 15.1 Å². The molecule has 0 aromatic heterocycles. The Morgan fingerprint density at radius 1 is 1.24 bits per heavy atom. The largest absolute Gasteiger partial charge is 0.351 e. The first-order valence-corrected chi connectivity index (χ1v) is 9.77. The first-order chi connectivity index (χ1) is 12.0. The van der Waals surface area contributed by atoms with Crippen molar-refractivity contribution in [1.29, 1.82) is 0 Å². The molecule has 138 valence electrons. The molecule has 0 saturated carbocycles. The van der Waals surface area contributed by atoms with E-state index in [1.165, 1.54) is 24.0 Å². The predicted molar refractivity (Wildman–Crippen MR) is 102 cm³/mol. The zero-order valence-electron chi connectivity index (χ0n) is 16.1. The third-order valence-electron chi connectivity index (χ3n) is 6.05. The van der Waals surface area contributed by atoms with Crippen molar-refractivity contribution in [3.63, 3.8) is 0 Å². The Labute approximate surface area is 152 Å². The summed E-state index contributed by atoms with van der Waals surface area (Å²) < 4.78 is 0. The van der Waals surface area contributed by atoms with Crippen molar-refractivity contribution in [2.45, 2.75) is 52.1 Å². The fourth-order valence-electron chi connectivity index (χ4n) is 4.39. The first kappa shape index (κ1) is 18.4. The lowest BCUT2D eigenvalue weighted by molar-refractivity contribution is -0.125. The second-order valence-electron chi connectivity index (χ2n) is 8.20. The molecule has 2 saturated heterocycles. The number of aryl methyl sites for hydroxylation is 1. The van der Waals surface area contributed by atoms with E-state index in [2.05, 4.69) is 60.3 Å². The second kappa shape index (κ2) is 7.88. The van der Waals surface area contributed by atoms with Crippen molar-refractivity contribution in [3.8, 4) is 0 Å². The summed E-state index contributed by atoms with van der Waals surface area (Å²) >= 11 is 0. The quantitative estimate of drug-likeness (QED) is 0.893. The predicted octanol–water partition coefficient (Wildman–Crippen LogP) is 2.81. The molecule has 0 aliphatic carbocycles. The van der Waals surface area contributed by atoms with Gasteiger partial charge in [0.1, 0.15) is 0 Å². The average Bonchev–Trinajstić information content (AvgIpc) is 2.96. The maximum absolute atomic E-state index is 12.9. The summed E-state index contributed by atoms with van der Waals surface area (Å²) in [5.74, 6) is 0.213. The number of carbonyl (C=O) groups excluding carboxylic acids is 1. The van der Waals surface area contributed by atoms with Crippen LogP contribution in [0.2, 0.25) is 0 Å². The van der Waals surface area contributed by atoms with Gasteiger partial charge in [-0.2, -0.15) is 0 Å². The van der Waals surface area contributed by atoms with Gasteiger partial charge >= 0.3 is 0 Å². The summed E-state index contributed by atoms with van der Waals surface area (Å²) in [5, 5.41) is 3.19. The number of nitrogens with zero attached hydrogens (tertiary/aromatic N) is 2. The molecule has 1 amide bonds. The van der Waals surface area contributed by atoms with Gasteiger partial charge in [-0.25, -0.2) is 0 Å². The van der Waals surface area contributed by atoms with Gasteiger partial charge in [-0.3, -0.25) is 9.69 Å². The minimum atomic E-state index is 0.0498. The number of carbonyl (C=O) groups is 1. The van der Waals surface area contributed by atoms with Crippen LogP contribution in [0.15, 0.2) is 24.3 Å². The monoisotopic (exact) mass is 343 g/mol. The lowest BCUT2D eigenvalue weighted by Crippen LogP contribution is -2.43. The van der Waals surface area contributed by atoms with Crippen molar-refractivity contribution in [3.05, 3.63) is 35.4 Å². The highest BCUT2D eigenvalue weighted by Gasteiger charge is 2.47. The van der Waals surface area contributed by atoms with E-state index in [1.54, 1.807) is 0 Å². The van der Waals surface area contributed by atoms with Crippen LogP contribution < -0.4 is 5.32 Å². The standard InChI is InChI=1S/C21H33N3O/c1-4-11-24-16-21(9-12-23(3)13-10-21)14-19(24)20(25)22-15-18-7-5-17(2)6-8-18/h5-8,19H,4,9-16H2,1-3H3,(H,22,25). The fraction of sp³-hybridized carbons (Fsp3) is 0.667. The van der Waals surface area contributed by atoms with Gasteiger partial charge in [0, 0.05) is 13.1 Å². The Morgan fingerprint density at radius 2 is 1.92 bits per heavy atom. The van der Waals surface area contributed by atoms with Crippen LogP contribution in [0, 0.1) is 12.3 Å². The van der Waals surface area contributed by atoms with Gasteiger partial charge in [-0.15, -0.1) is 0 Å². The summed E-state index contributed by atoms with van der Waals surface area (Å²) in [4.78, 5) is 17.8. The van der Waals surface area contributed by atoms with Crippen LogP contribution in [0.1, 0.15) is 43.7 Å². The molecule has 1 unspecified atom stereocenters. The molecule has 4 nitrogen and oxygen atoms in total. The number of rotatable bonds is 5.